The number of esters is 1. The Bertz CT molecular complexity index is 656. The first-order valence-electron chi connectivity index (χ1n) is 6.06. The molecule has 2 aromatic rings. The molecule has 0 aliphatic carbocycles. The van der Waals surface area contributed by atoms with E-state index in [9.17, 15) is 9.18 Å². The summed E-state index contributed by atoms with van der Waals surface area (Å²) in [5.74, 6) is -0.723. The van der Waals surface area contributed by atoms with Gasteiger partial charge in [0.1, 0.15) is 18.0 Å². The van der Waals surface area contributed by atoms with E-state index in [4.69, 9.17) is 15.2 Å². The smallest absolute Gasteiger partial charge is 0.342 e. The van der Waals surface area contributed by atoms with Gasteiger partial charge in [-0.2, -0.15) is 0 Å². The van der Waals surface area contributed by atoms with Crippen molar-refractivity contribution in [3.8, 4) is 5.75 Å². The molecular weight excluding hydrogens is 341 g/mol. The standard InChI is InChI=1S/C15H13BrFNO3/c1-20-14-12(3-2-4-13(14)18)15(19)21-8-9-5-10(16)7-11(17)6-9/h2-7H,8,18H2,1H3. The maximum atomic E-state index is 13.2. The number of benzene rings is 2. The van der Waals surface area contributed by atoms with Crippen LogP contribution in [0.3, 0.4) is 0 Å². The minimum absolute atomic E-state index is 0.0485. The maximum absolute atomic E-state index is 13.2. The molecule has 6 heteroatoms. The largest absolute Gasteiger partial charge is 0.494 e. The van der Waals surface area contributed by atoms with Crippen molar-refractivity contribution < 1.29 is 18.7 Å². The number of carbonyl (C=O) groups excluding carboxylic acids is 1. The molecule has 0 spiro atoms. The second kappa shape index (κ2) is 6.58. The summed E-state index contributed by atoms with van der Waals surface area (Å²) in [5, 5.41) is 0. The highest BCUT2D eigenvalue weighted by atomic mass is 79.9. The zero-order chi connectivity index (χ0) is 15.4. The van der Waals surface area contributed by atoms with Gasteiger partial charge in [0.25, 0.3) is 0 Å². The lowest BCUT2D eigenvalue weighted by atomic mass is 10.1. The SMILES string of the molecule is COc1c(N)cccc1C(=O)OCc1cc(F)cc(Br)c1. The molecule has 0 saturated heterocycles. The van der Waals surface area contributed by atoms with Gasteiger partial charge in [-0.25, -0.2) is 9.18 Å². The van der Waals surface area contributed by atoms with Crippen LogP contribution in [0.2, 0.25) is 0 Å². The van der Waals surface area contributed by atoms with Crippen molar-refractivity contribution >= 4 is 27.6 Å². The molecular formula is C15H13BrFNO3. The fraction of sp³-hybridized carbons (Fsp3) is 0.133. The Balaban J connectivity index is 2.13. The highest BCUT2D eigenvalue weighted by Crippen LogP contribution is 2.26. The molecule has 0 radical (unpaired) electrons. The number of rotatable bonds is 4. The van der Waals surface area contributed by atoms with E-state index < -0.39 is 11.8 Å². The van der Waals surface area contributed by atoms with Crippen molar-refractivity contribution in [2.24, 2.45) is 0 Å². The number of nitrogen functional groups attached to an aromatic ring is 1. The van der Waals surface area contributed by atoms with Gasteiger partial charge in [0.05, 0.1) is 12.8 Å². The fourth-order valence-corrected chi connectivity index (χ4v) is 2.38. The summed E-state index contributed by atoms with van der Waals surface area (Å²) in [6.07, 6.45) is 0. The zero-order valence-corrected chi connectivity index (χ0v) is 12.8. The van der Waals surface area contributed by atoms with Crippen molar-refractivity contribution in [1.29, 1.82) is 0 Å². The van der Waals surface area contributed by atoms with Crippen molar-refractivity contribution in [3.05, 3.63) is 57.8 Å². The number of anilines is 1. The van der Waals surface area contributed by atoms with E-state index in [-0.39, 0.29) is 17.9 Å². The molecule has 0 bridgehead atoms. The van der Waals surface area contributed by atoms with Crippen LogP contribution in [-0.4, -0.2) is 13.1 Å². The summed E-state index contributed by atoms with van der Waals surface area (Å²) < 4.78 is 24.1. The number of nitrogens with two attached hydrogens (primary N) is 1. The number of carbonyl (C=O) groups is 1. The highest BCUT2D eigenvalue weighted by molar-refractivity contribution is 9.10. The van der Waals surface area contributed by atoms with Crippen molar-refractivity contribution in [2.75, 3.05) is 12.8 Å². The first kappa shape index (κ1) is 15.3. The predicted molar refractivity (Wildman–Crippen MR) is 80.6 cm³/mol. The fourth-order valence-electron chi connectivity index (χ4n) is 1.86. The molecule has 110 valence electrons. The van der Waals surface area contributed by atoms with Crippen molar-refractivity contribution in [2.45, 2.75) is 6.61 Å². The molecule has 0 fully saturated rings. The van der Waals surface area contributed by atoms with Gasteiger partial charge >= 0.3 is 5.97 Å². The molecule has 0 aromatic heterocycles. The van der Waals surface area contributed by atoms with E-state index in [0.29, 0.717) is 15.7 Å². The van der Waals surface area contributed by atoms with Crippen LogP contribution < -0.4 is 10.5 Å². The van der Waals surface area contributed by atoms with Crippen LogP contribution in [0.25, 0.3) is 0 Å². The van der Waals surface area contributed by atoms with Crippen LogP contribution in [0.15, 0.2) is 40.9 Å². The third-order valence-electron chi connectivity index (χ3n) is 2.76. The molecule has 0 unspecified atom stereocenters. The van der Waals surface area contributed by atoms with Gasteiger partial charge in [0, 0.05) is 4.47 Å². The minimum atomic E-state index is -0.584. The van der Waals surface area contributed by atoms with E-state index in [1.165, 1.54) is 19.2 Å². The molecule has 2 rings (SSSR count). The molecule has 2 N–H and O–H groups in total. The molecule has 2 aromatic carbocycles. The first-order chi connectivity index (χ1) is 10.0. The van der Waals surface area contributed by atoms with Gasteiger partial charge in [0.15, 0.2) is 5.75 Å². The number of para-hydroxylation sites is 1. The Morgan fingerprint density at radius 2 is 2.10 bits per heavy atom. The Kier molecular flexibility index (Phi) is 4.80. The van der Waals surface area contributed by atoms with E-state index in [1.807, 2.05) is 0 Å². The quantitative estimate of drug-likeness (QED) is 0.674. The van der Waals surface area contributed by atoms with Crippen molar-refractivity contribution in [3.63, 3.8) is 0 Å². The molecule has 21 heavy (non-hydrogen) atoms. The maximum Gasteiger partial charge on any atom is 0.342 e. The Hall–Kier alpha value is -2.08. The third-order valence-corrected chi connectivity index (χ3v) is 3.22. The molecule has 0 aliphatic heterocycles. The predicted octanol–water partition coefficient (Wildman–Crippen LogP) is 3.54. The molecule has 0 heterocycles. The average molecular weight is 354 g/mol. The summed E-state index contributed by atoms with van der Waals surface area (Å²) in [6.45, 7) is -0.0485. The van der Waals surface area contributed by atoms with Gasteiger partial charge in [-0.1, -0.05) is 22.0 Å². The van der Waals surface area contributed by atoms with Crippen LogP contribution >= 0.6 is 15.9 Å². The van der Waals surface area contributed by atoms with Gasteiger partial charge in [-0.15, -0.1) is 0 Å². The topological polar surface area (TPSA) is 61.5 Å². The van der Waals surface area contributed by atoms with Crippen LogP contribution in [0, 0.1) is 5.82 Å². The first-order valence-corrected chi connectivity index (χ1v) is 6.85. The summed E-state index contributed by atoms with van der Waals surface area (Å²) >= 11 is 3.18. The minimum Gasteiger partial charge on any atom is -0.494 e. The van der Waals surface area contributed by atoms with Gasteiger partial charge in [0.2, 0.25) is 0 Å². The monoisotopic (exact) mass is 353 g/mol. The lowest BCUT2D eigenvalue weighted by molar-refractivity contribution is 0.0468. The third kappa shape index (κ3) is 3.72. The van der Waals surface area contributed by atoms with Gasteiger partial charge < -0.3 is 15.2 Å². The number of ether oxygens (including phenoxy) is 2. The van der Waals surface area contributed by atoms with Crippen LogP contribution in [0.5, 0.6) is 5.75 Å². The Morgan fingerprint density at radius 1 is 1.33 bits per heavy atom. The van der Waals surface area contributed by atoms with Crippen molar-refractivity contribution in [1.82, 2.24) is 0 Å². The molecule has 0 saturated carbocycles. The van der Waals surface area contributed by atoms with E-state index in [1.54, 1.807) is 24.3 Å². The second-order valence-electron chi connectivity index (χ2n) is 4.28. The molecule has 0 atom stereocenters. The lowest BCUT2D eigenvalue weighted by Gasteiger charge is -2.11. The van der Waals surface area contributed by atoms with Crippen LogP contribution in [0.1, 0.15) is 15.9 Å². The number of hydrogen-bond donors (Lipinski definition) is 1. The summed E-state index contributed by atoms with van der Waals surface area (Å²) in [4.78, 5) is 12.1. The Morgan fingerprint density at radius 3 is 2.76 bits per heavy atom. The Labute approximate surface area is 129 Å². The zero-order valence-electron chi connectivity index (χ0n) is 11.2. The number of halogens is 2. The average Bonchev–Trinajstić information content (AvgIpc) is 2.43. The van der Waals surface area contributed by atoms with E-state index >= 15 is 0 Å². The van der Waals surface area contributed by atoms with Gasteiger partial charge in [-0.3, -0.25) is 0 Å². The van der Waals surface area contributed by atoms with Gasteiger partial charge in [-0.05, 0) is 35.9 Å². The number of hydrogen-bond acceptors (Lipinski definition) is 4. The highest BCUT2D eigenvalue weighted by Gasteiger charge is 2.16. The summed E-state index contributed by atoms with van der Waals surface area (Å²) in [5.41, 5.74) is 6.85. The van der Waals surface area contributed by atoms with Crippen LogP contribution in [-0.2, 0) is 11.3 Å². The summed E-state index contributed by atoms with van der Waals surface area (Å²) in [6, 6.07) is 9.11. The van der Waals surface area contributed by atoms with E-state index in [0.717, 1.165) is 0 Å². The molecule has 0 amide bonds. The second-order valence-corrected chi connectivity index (χ2v) is 5.20. The lowest BCUT2D eigenvalue weighted by Crippen LogP contribution is -2.08. The normalized spacial score (nSPS) is 10.2. The molecule has 0 aliphatic rings. The molecule has 4 nitrogen and oxygen atoms in total. The summed E-state index contributed by atoms with van der Waals surface area (Å²) in [7, 11) is 1.42. The number of methoxy groups -OCH3 is 1. The van der Waals surface area contributed by atoms with E-state index in [2.05, 4.69) is 15.9 Å². The van der Waals surface area contributed by atoms with Crippen LogP contribution in [0.4, 0.5) is 10.1 Å².